The molecule has 2 aromatic heterocycles. The number of carbonyl (C=O) groups excluding carboxylic acids is 1. The number of furan rings is 1. The monoisotopic (exact) mass is 386 g/mol. The molecule has 1 aliphatic heterocycles. The maximum absolute atomic E-state index is 12.3. The summed E-state index contributed by atoms with van der Waals surface area (Å²) in [5, 5.41) is 11.9. The van der Waals surface area contributed by atoms with Crippen LogP contribution in [0.25, 0.3) is 11.6 Å². The number of rotatable bonds is 6. The van der Waals surface area contributed by atoms with Crippen molar-refractivity contribution in [3.05, 3.63) is 42.2 Å². The predicted octanol–water partition coefficient (Wildman–Crippen LogP) is 2.77. The van der Waals surface area contributed by atoms with Gasteiger partial charge in [0.05, 0.1) is 18.1 Å². The Kier molecular flexibility index (Phi) is 4.76. The van der Waals surface area contributed by atoms with Crippen LogP contribution in [0.3, 0.4) is 0 Å². The van der Waals surface area contributed by atoms with E-state index in [2.05, 4.69) is 15.5 Å². The van der Waals surface area contributed by atoms with Crippen molar-refractivity contribution in [2.45, 2.75) is 18.1 Å². The number of carbonyl (C=O) groups is 1. The zero-order chi connectivity index (χ0) is 18.8. The summed E-state index contributed by atoms with van der Waals surface area (Å²) >= 11 is 1.32. The smallest absolute Gasteiger partial charge is 0.231 e. The Bertz CT molecular complexity index is 954. The fourth-order valence-electron chi connectivity index (χ4n) is 2.74. The van der Waals surface area contributed by atoms with Gasteiger partial charge >= 0.3 is 0 Å². The third-order valence-corrected chi connectivity index (χ3v) is 5.20. The van der Waals surface area contributed by atoms with Crippen molar-refractivity contribution in [2.75, 3.05) is 12.5 Å². The molecule has 27 heavy (non-hydrogen) atoms. The van der Waals surface area contributed by atoms with Crippen LogP contribution in [0.5, 0.6) is 11.5 Å². The van der Waals surface area contributed by atoms with Gasteiger partial charge in [-0.25, -0.2) is 0 Å². The zero-order valence-corrected chi connectivity index (χ0v) is 15.7. The van der Waals surface area contributed by atoms with Crippen molar-refractivity contribution in [3.63, 3.8) is 0 Å². The second-order valence-electron chi connectivity index (χ2n) is 6.03. The fraction of sp³-hybridized carbons (Fsp3) is 0.278. The summed E-state index contributed by atoms with van der Waals surface area (Å²) in [5.41, 5.74) is 0.955. The Morgan fingerprint density at radius 3 is 2.96 bits per heavy atom. The minimum atomic E-state index is -0.147. The molecule has 0 radical (unpaired) electrons. The van der Waals surface area contributed by atoms with Gasteiger partial charge in [0.1, 0.15) is 0 Å². The van der Waals surface area contributed by atoms with Crippen LogP contribution in [0.15, 0.2) is 46.2 Å². The van der Waals surface area contributed by atoms with Crippen molar-refractivity contribution in [3.8, 4) is 23.1 Å². The van der Waals surface area contributed by atoms with E-state index in [1.165, 1.54) is 11.8 Å². The molecule has 1 aliphatic rings. The van der Waals surface area contributed by atoms with Crippen LogP contribution in [0.2, 0.25) is 0 Å². The van der Waals surface area contributed by atoms with E-state index < -0.39 is 0 Å². The first-order valence-electron chi connectivity index (χ1n) is 8.37. The molecule has 0 spiro atoms. The Morgan fingerprint density at radius 1 is 1.30 bits per heavy atom. The first-order chi connectivity index (χ1) is 13.1. The summed E-state index contributed by atoms with van der Waals surface area (Å²) in [6.45, 7) is 2.16. The fourth-order valence-corrected chi connectivity index (χ4v) is 3.46. The summed E-state index contributed by atoms with van der Waals surface area (Å²) in [5.74, 6) is 2.83. The Balaban J connectivity index is 1.35. The highest BCUT2D eigenvalue weighted by molar-refractivity contribution is 7.99. The SMILES string of the molecule is CC(NC(=O)CSc1nnc(-c2ccco2)n1C)c1ccc2c(c1)OCO2. The molecule has 1 atom stereocenters. The van der Waals surface area contributed by atoms with Crippen LogP contribution in [0.1, 0.15) is 18.5 Å². The lowest BCUT2D eigenvalue weighted by Gasteiger charge is -2.14. The second kappa shape index (κ2) is 7.36. The lowest BCUT2D eigenvalue weighted by Crippen LogP contribution is -2.28. The highest BCUT2D eigenvalue weighted by Gasteiger charge is 2.18. The average Bonchev–Trinajstić information content (AvgIpc) is 3.40. The van der Waals surface area contributed by atoms with Gasteiger partial charge in [0.25, 0.3) is 0 Å². The van der Waals surface area contributed by atoms with E-state index in [9.17, 15) is 4.79 Å². The quantitative estimate of drug-likeness (QED) is 0.651. The number of aromatic nitrogens is 3. The number of nitrogens with one attached hydrogen (secondary N) is 1. The molecule has 0 saturated heterocycles. The van der Waals surface area contributed by atoms with E-state index in [-0.39, 0.29) is 24.5 Å². The minimum Gasteiger partial charge on any atom is -0.461 e. The van der Waals surface area contributed by atoms with Crippen LogP contribution in [0.4, 0.5) is 0 Å². The summed E-state index contributed by atoms with van der Waals surface area (Å²) in [6, 6.07) is 9.12. The van der Waals surface area contributed by atoms with Gasteiger partial charge in [0.2, 0.25) is 12.7 Å². The van der Waals surface area contributed by atoms with Crippen molar-refractivity contribution in [2.24, 2.45) is 7.05 Å². The molecular weight excluding hydrogens is 368 g/mol. The maximum Gasteiger partial charge on any atom is 0.231 e. The largest absolute Gasteiger partial charge is 0.461 e. The molecule has 1 N–H and O–H groups in total. The predicted molar refractivity (Wildman–Crippen MR) is 98.6 cm³/mol. The van der Waals surface area contributed by atoms with E-state index in [1.807, 2.05) is 38.2 Å². The van der Waals surface area contributed by atoms with Crippen LogP contribution in [-0.4, -0.2) is 33.2 Å². The van der Waals surface area contributed by atoms with Crippen molar-refractivity contribution in [1.29, 1.82) is 0 Å². The van der Waals surface area contributed by atoms with Gasteiger partial charge in [-0.05, 0) is 36.8 Å². The lowest BCUT2D eigenvalue weighted by molar-refractivity contribution is -0.119. The number of thioether (sulfide) groups is 1. The normalized spacial score (nSPS) is 13.6. The van der Waals surface area contributed by atoms with Crippen molar-refractivity contribution >= 4 is 17.7 Å². The number of ether oxygens (including phenoxy) is 2. The molecule has 9 heteroatoms. The number of fused-ring (bicyclic) bond motifs is 1. The van der Waals surface area contributed by atoms with E-state index in [1.54, 1.807) is 16.9 Å². The summed E-state index contributed by atoms with van der Waals surface area (Å²) < 4.78 is 17.8. The number of benzene rings is 1. The Morgan fingerprint density at radius 2 is 2.15 bits per heavy atom. The van der Waals surface area contributed by atoms with Crippen LogP contribution >= 0.6 is 11.8 Å². The third-order valence-electron chi connectivity index (χ3n) is 4.18. The molecule has 1 amide bonds. The van der Waals surface area contributed by atoms with E-state index in [4.69, 9.17) is 13.9 Å². The standard InChI is InChI=1S/C18H18N4O4S/c1-11(12-5-6-13-15(8-12)26-10-25-13)19-16(23)9-27-18-21-20-17(22(18)2)14-4-3-7-24-14/h3-8,11H,9-10H2,1-2H3,(H,19,23). The molecule has 0 fully saturated rings. The van der Waals surface area contributed by atoms with E-state index in [0.29, 0.717) is 22.5 Å². The van der Waals surface area contributed by atoms with Gasteiger partial charge < -0.3 is 23.8 Å². The molecule has 8 nitrogen and oxygen atoms in total. The first-order valence-corrected chi connectivity index (χ1v) is 9.35. The van der Waals surface area contributed by atoms with Gasteiger partial charge in [0, 0.05) is 7.05 Å². The highest BCUT2D eigenvalue weighted by Crippen LogP contribution is 2.34. The molecule has 3 aromatic rings. The van der Waals surface area contributed by atoms with E-state index in [0.717, 1.165) is 11.3 Å². The highest BCUT2D eigenvalue weighted by atomic mass is 32.2. The number of hydrogen-bond acceptors (Lipinski definition) is 7. The number of nitrogens with zero attached hydrogens (tertiary/aromatic N) is 3. The van der Waals surface area contributed by atoms with Crippen molar-refractivity contribution in [1.82, 2.24) is 20.1 Å². The van der Waals surface area contributed by atoms with E-state index >= 15 is 0 Å². The topological polar surface area (TPSA) is 91.4 Å². The van der Waals surface area contributed by atoms with Gasteiger partial charge in [-0.1, -0.05) is 17.8 Å². The molecule has 140 valence electrons. The van der Waals surface area contributed by atoms with Gasteiger partial charge in [-0.3, -0.25) is 4.79 Å². The number of hydrogen-bond donors (Lipinski definition) is 1. The molecule has 3 heterocycles. The Labute approximate surface area is 159 Å². The van der Waals surface area contributed by atoms with Crippen LogP contribution in [0, 0.1) is 0 Å². The zero-order valence-electron chi connectivity index (χ0n) is 14.8. The Hall–Kier alpha value is -2.94. The lowest BCUT2D eigenvalue weighted by atomic mass is 10.1. The molecule has 1 unspecified atom stereocenters. The van der Waals surface area contributed by atoms with Gasteiger partial charge in [0.15, 0.2) is 28.2 Å². The molecular formula is C18H18N4O4S. The summed E-state index contributed by atoms with van der Waals surface area (Å²) in [7, 11) is 1.84. The second-order valence-corrected chi connectivity index (χ2v) is 6.98. The molecule has 1 aromatic carbocycles. The molecule has 0 bridgehead atoms. The van der Waals surface area contributed by atoms with Crippen molar-refractivity contribution < 1.29 is 18.7 Å². The third kappa shape index (κ3) is 3.63. The van der Waals surface area contributed by atoms with Gasteiger partial charge in [-0.15, -0.1) is 10.2 Å². The van der Waals surface area contributed by atoms with Gasteiger partial charge in [-0.2, -0.15) is 0 Å². The van der Waals surface area contributed by atoms with Crippen LogP contribution < -0.4 is 14.8 Å². The maximum atomic E-state index is 12.3. The summed E-state index contributed by atoms with van der Waals surface area (Å²) in [6.07, 6.45) is 1.59. The minimum absolute atomic E-state index is 0.0901. The molecule has 0 aliphatic carbocycles. The molecule has 4 rings (SSSR count). The van der Waals surface area contributed by atoms with Crippen LogP contribution in [-0.2, 0) is 11.8 Å². The number of amides is 1. The average molecular weight is 386 g/mol. The summed E-state index contributed by atoms with van der Waals surface area (Å²) in [4.78, 5) is 12.3. The molecule has 0 saturated carbocycles. The first kappa shape index (κ1) is 17.5.